The van der Waals surface area contributed by atoms with Gasteiger partial charge in [0.25, 0.3) is 0 Å². The number of hydrogen-bond donors (Lipinski definition) is 1. The van der Waals surface area contributed by atoms with E-state index in [-0.39, 0.29) is 17.5 Å². The van der Waals surface area contributed by atoms with E-state index in [1.807, 2.05) is 0 Å². The molecule has 0 atom stereocenters. The van der Waals surface area contributed by atoms with Crippen LogP contribution in [0.3, 0.4) is 0 Å². The molecule has 1 aliphatic heterocycles. The molecule has 96 valence electrons. The van der Waals surface area contributed by atoms with E-state index >= 15 is 0 Å². The summed E-state index contributed by atoms with van der Waals surface area (Å²) in [5, 5.41) is 12.7. The van der Waals surface area contributed by atoms with E-state index in [0.717, 1.165) is 0 Å². The highest BCUT2D eigenvalue weighted by Gasteiger charge is 2.23. The van der Waals surface area contributed by atoms with Crippen LogP contribution in [0.4, 0.5) is 5.69 Å². The van der Waals surface area contributed by atoms with Crippen LogP contribution in [0.2, 0.25) is 5.02 Å². The first kappa shape index (κ1) is 13.2. The van der Waals surface area contributed by atoms with Crippen molar-refractivity contribution >= 4 is 27.1 Å². The van der Waals surface area contributed by atoms with Gasteiger partial charge >= 0.3 is 0 Å². The zero-order chi connectivity index (χ0) is 13.2. The zero-order valence-electron chi connectivity index (χ0n) is 9.69. The van der Waals surface area contributed by atoms with Crippen LogP contribution in [-0.2, 0) is 9.84 Å². The van der Waals surface area contributed by atoms with Crippen molar-refractivity contribution in [2.75, 3.05) is 16.8 Å². The quantitative estimate of drug-likeness (QED) is 0.904. The Morgan fingerprint density at radius 1 is 1.33 bits per heavy atom. The first-order chi connectivity index (χ1) is 8.50. The maximum absolute atomic E-state index is 11.3. The number of nitrogens with one attached hydrogen (secondary N) is 1. The highest BCUT2D eigenvalue weighted by Crippen LogP contribution is 2.23. The van der Waals surface area contributed by atoms with Crippen LogP contribution in [0, 0.1) is 11.3 Å². The molecule has 2 rings (SSSR count). The number of anilines is 1. The lowest BCUT2D eigenvalue weighted by atomic mass is 10.1. The maximum Gasteiger partial charge on any atom is 0.150 e. The van der Waals surface area contributed by atoms with Gasteiger partial charge in [-0.2, -0.15) is 5.26 Å². The molecule has 0 aromatic heterocycles. The normalized spacial score (nSPS) is 19.1. The van der Waals surface area contributed by atoms with Gasteiger partial charge in [-0.15, -0.1) is 0 Å². The second kappa shape index (κ2) is 5.17. The molecule has 0 bridgehead atoms. The molecule has 6 heteroatoms. The van der Waals surface area contributed by atoms with E-state index in [1.54, 1.807) is 18.2 Å². The molecule has 1 fully saturated rings. The molecule has 0 saturated carbocycles. The number of halogens is 1. The van der Waals surface area contributed by atoms with Gasteiger partial charge in [-0.25, -0.2) is 8.42 Å². The molecule has 0 aliphatic carbocycles. The summed E-state index contributed by atoms with van der Waals surface area (Å²) in [6.07, 6.45) is 1.16. The summed E-state index contributed by atoms with van der Waals surface area (Å²) in [5.74, 6) is 0.417. The molecule has 4 nitrogen and oxygen atoms in total. The SMILES string of the molecule is N#Cc1cc(Cl)ccc1NC1CCS(=O)(=O)CC1. The highest BCUT2D eigenvalue weighted by molar-refractivity contribution is 7.91. The molecule has 1 aliphatic rings. The molecular weight excluding hydrogens is 272 g/mol. The number of benzene rings is 1. The number of nitriles is 1. The van der Waals surface area contributed by atoms with Crippen LogP contribution >= 0.6 is 11.6 Å². The molecule has 0 radical (unpaired) electrons. The minimum Gasteiger partial charge on any atom is -0.381 e. The molecule has 1 heterocycles. The summed E-state index contributed by atoms with van der Waals surface area (Å²) in [6.45, 7) is 0. The van der Waals surface area contributed by atoms with E-state index in [9.17, 15) is 8.42 Å². The molecule has 0 amide bonds. The van der Waals surface area contributed by atoms with Gasteiger partial charge in [0.05, 0.1) is 22.8 Å². The van der Waals surface area contributed by atoms with Gasteiger partial charge in [0.2, 0.25) is 0 Å². The van der Waals surface area contributed by atoms with Crippen molar-refractivity contribution in [3.8, 4) is 6.07 Å². The lowest BCUT2D eigenvalue weighted by molar-refractivity contribution is 0.559. The predicted molar refractivity (Wildman–Crippen MR) is 71.5 cm³/mol. The van der Waals surface area contributed by atoms with Crippen LogP contribution in [0.1, 0.15) is 18.4 Å². The lowest BCUT2D eigenvalue weighted by Gasteiger charge is -2.24. The van der Waals surface area contributed by atoms with Crippen LogP contribution < -0.4 is 5.32 Å². The molecular formula is C12H13ClN2O2S. The van der Waals surface area contributed by atoms with Gasteiger partial charge in [-0.05, 0) is 31.0 Å². The van der Waals surface area contributed by atoms with Gasteiger partial charge in [0, 0.05) is 11.1 Å². The summed E-state index contributed by atoms with van der Waals surface area (Å²) in [5.41, 5.74) is 1.20. The number of hydrogen-bond acceptors (Lipinski definition) is 4. The second-order valence-electron chi connectivity index (χ2n) is 4.37. The number of rotatable bonds is 2. The Morgan fingerprint density at radius 2 is 2.00 bits per heavy atom. The summed E-state index contributed by atoms with van der Waals surface area (Å²) >= 11 is 5.82. The fourth-order valence-electron chi connectivity index (χ4n) is 1.99. The Balaban J connectivity index is 2.09. The van der Waals surface area contributed by atoms with Crippen molar-refractivity contribution in [1.29, 1.82) is 5.26 Å². The van der Waals surface area contributed by atoms with Crippen molar-refractivity contribution in [1.82, 2.24) is 0 Å². The molecule has 1 saturated heterocycles. The third kappa shape index (κ3) is 3.15. The largest absolute Gasteiger partial charge is 0.381 e. The van der Waals surface area contributed by atoms with E-state index in [4.69, 9.17) is 16.9 Å². The monoisotopic (exact) mass is 284 g/mol. The van der Waals surface area contributed by atoms with Crippen LogP contribution in [0.25, 0.3) is 0 Å². The van der Waals surface area contributed by atoms with Crippen molar-refractivity contribution in [3.05, 3.63) is 28.8 Å². The van der Waals surface area contributed by atoms with Gasteiger partial charge in [-0.1, -0.05) is 11.6 Å². The molecule has 0 spiro atoms. The van der Waals surface area contributed by atoms with E-state index in [0.29, 0.717) is 29.1 Å². The van der Waals surface area contributed by atoms with Gasteiger partial charge in [0.15, 0.2) is 0 Å². The summed E-state index contributed by atoms with van der Waals surface area (Å²) in [4.78, 5) is 0. The van der Waals surface area contributed by atoms with Crippen molar-refractivity contribution in [2.45, 2.75) is 18.9 Å². The van der Waals surface area contributed by atoms with E-state index in [1.165, 1.54) is 0 Å². The zero-order valence-corrected chi connectivity index (χ0v) is 11.3. The molecule has 1 N–H and O–H groups in total. The Labute approximate surface area is 111 Å². The summed E-state index contributed by atoms with van der Waals surface area (Å²) in [6, 6.07) is 7.24. The van der Waals surface area contributed by atoms with Gasteiger partial charge in [0.1, 0.15) is 15.9 Å². The summed E-state index contributed by atoms with van der Waals surface area (Å²) in [7, 11) is -2.86. The average molecular weight is 285 g/mol. The smallest absolute Gasteiger partial charge is 0.150 e. The fourth-order valence-corrected chi connectivity index (χ4v) is 3.65. The Kier molecular flexibility index (Phi) is 3.79. The Hall–Kier alpha value is -1.25. The fraction of sp³-hybridized carbons (Fsp3) is 0.417. The third-order valence-corrected chi connectivity index (χ3v) is 4.97. The first-order valence-corrected chi connectivity index (χ1v) is 7.87. The first-order valence-electron chi connectivity index (χ1n) is 5.67. The molecule has 1 aromatic carbocycles. The molecule has 1 aromatic rings. The van der Waals surface area contributed by atoms with Gasteiger partial charge in [-0.3, -0.25) is 0 Å². The number of nitrogens with zero attached hydrogens (tertiary/aromatic N) is 1. The molecule has 18 heavy (non-hydrogen) atoms. The molecule has 0 unspecified atom stereocenters. The Morgan fingerprint density at radius 3 is 2.61 bits per heavy atom. The highest BCUT2D eigenvalue weighted by atomic mass is 35.5. The van der Waals surface area contributed by atoms with E-state index in [2.05, 4.69) is 11.4 Å². The maximum atomic E-state index is 11.3. The minimum absolute atomic E-state index is 0.0989. The Bertz CT molecular complexity index is 579. The van der Waals surface area contributed by atoms with Crippen molar-refractivity contribution < 1.29 is 8.42 Å². The average Bonchev–Trinajstić information content (AvgIpc) is 2.34. The summed E-state index contributed by atoms with van der Waals surface area (Å²) < 4.78 is 22.6. The van der Waals surface area contributed by atoms with Crippen LogP contribution in [0.15, 0.2) is 18.2 Å². The third-order valence-electron chi connectivity index (χ3n) is 3.02. The second-order valence-corrected chi connectivity index (χ2v) is 7.11. The standard InChI is InChI=1S/C12H13ClN2O2S/c13-10-1-2-12(9(7-10)8-14)15-11-3-5-18(16,17)6-4-11/h1-2,7,11,15H,3-6H2. The van der Waals surface area contributed by atoms with Crippen LogP contribution in [0.5, 0.6) is 0 Å². The number of sulfone groups is 1. The predicted octanol–water partition coefficient (Wildman–Crippen LogP) is 2.20. The van der Waals surface area contributed by atoms with Gasteiger partial charge < -0.3 is 5.32 Å². The van der Waals surface area contributed by atoms with Crippen molar-refractivity contribution in [2.24, 2.45) is 0 Å². The lowest BCUT2D eigenvalue weighted by Crippen LogP contribution is -2.32. The van der Waals surface area contributed by atoms with E-state index < -0.39 is 9.84 Å². The van der Waals surface area contributed by atoms with Crippen LogP contribution in [-0.4, -0.2) is 26.0 Å². The van der Waals surface area contributed by atoms with Crippen molar-refractivity contribution in [3.63, 3.8) is 0 Å². The minimum atomic E-state index is -2.86. The topological polar surface area (TPSA) is 70.0 Å².